The second kappa shape index (κ2) is 3.70. The Labute approximate surface area is 92.8 Å². The Morgan fingerprint density at radius 3 is 2.07 bits per heavy atom. The van der Waals surface area contributed by atoms with Crippen LogP contribution in [0.1, 0.15) is 19.8 Å². The summed E-state index contributed by atoms with van der Waals surface area (Å²) >= 11 is 0. The molecule has 3 nitrogen and oxygen atoms in total. The van der Waals surface area contributed by atoms with Gasteiger partial charge in [0.25, 0.3) is 0 Å². The van der Waals surface area contributed by atoms with Gasteiger partial charge >= 0.3 is 8.80 Å². The lowest BCUT2D eigenvalue weighted by Crippen LogP contribution is -2.49. The van der Waals surface area contributed by atoms with Crippen molar-refractivity contribution < 1.29 is 13.3 Å². The van der Waals surface area contributed by atoms with Crippen molar-refractivity contribution in [1.82, 2.24) is 0 Å². The molecule has 0 heterocycles. The van der Waals surface area contributed by atoms with E-state index in [4.69, 9.17) is 13.3 Å². The predicted molar refractivity (Wildman–Crippen MR) is 60.5 cm³/mol. The van der Waals surface area contributed by atoms with Crippen LogP contribution in [-0.2, 0) is 13.3 Å². The fraction of sp³-hybridized carbons (Fsp3) is 0.818. The van der Waals surface area contributed by atoms with Crippen LogP contribution in [0.15, 0.2) is 12.2 Å². The molecule has 0 aliphatic heterocycles. The van der Waals surface area contributed by atoms with Gasteiger partial charge in [0.15, 0.2) is 0 Å². The molecule has 2 aliphatic carbocycles. The van der Waals surface area contributed by atoms with Gasteiger partial charge in [-0.1, -0.05) is 19.1 Å². The van der Waals surface area contributed by atoms with Crippen LogP contribution >= 0.6 is 0 Å². The number of rotatable bonds is 4. The van der Waals surface area contributed by atoms with E-state index < -0.39 is 8.80 Å². The number of hydrogen-bond donors (Lipinski definition) is 0. The zero-order chi connectivity index (χ0) is 11.1. The predicted octanol–water partition coefficient (Wildman–Crippen LogP) is 2.22. The molecule has 3 unspecified atom stereocenters. The highest BCUT2D eigenvalue weighted by Gasteiger charge is 2.58. The van der Waals surface area contributed by atoms with Gasteiger partial charge in [-0.05, 0) is 24.2 Å². The fourth-order valence-corrected chi connectivity index (χ4v) is 6.08. The van der Waals surface area contributed by atoms with Crippen molar-refractivity contribution in [1.29, 1.82) is 0 Å². The van der Waals surface area contributed by atoms with Crippen LogP contribution in [0.4, 0.5) is 0 Å². The van der Waals surface area contributed by atoms with Crippen molar-refractivity contribution in [3.63, 3.8) is 0 Å². The summed E-state index contributed by atoms with van der Waals surface area (Å²) in [4.78, 5) is 0. The first-order chi connectivity index (χ1) is 7.09. The lowest BCUT2D eigenvalue weighted by molar-refractivity contribution is 0.106. The second-order valence-corrected chi connectivity index (χ2v) is 8.08. The van der Waals surface area contributed by atoms with E-state index in [0.717, 1.165) is 6.42 Å². The minimum atomic E-state index is -2.44. The highest BCUT2D eigenvalue weighted by molar-refractivity contribution is 6.62. The first kappa shape index (κ1) is 11.3. The monoisotopic (exact) mass is 228 g/mol. The SMILES string of the molecule is CO[Si](OC)(OC)C1CC2(C)C=CC1C2. The first-order valence-corrected chi connectivity index (χ1v) is 7.24. The molecular weight excluding hydrogens is 208 g/mol. The van der Waals surface area contributed by atoms with Crippen molar-refractivity contribution in [3.05, 3.63) is 12.2 Å². The molecule has 1 fully saturated rings. The lowest BCUT2D eigenvalue weighted by atomic mass is 9.91. The molecule has 2 aliphatic rings. The van der Waals surface area contributed by atoms with E-state index in [1.807, 2.05) is 0 Å². The molecule has 0 aromatic carbocycles. The summed E-state index contributed by atoms with van der Waals surface area (Å²) in [6.07, 6.45) is 7.01. The first-order valence-electron chi connectivity index (χ1n) is 5.44. The maximum atomic E-state index is 5.58. The molecule has 0 spiro atoms. The molecule has 0 N–H and O–H groups in total. The van der Waals surface area contributed by atoms with Gasteiger partial charge in [0, 0.05) is 26.9 Å². The molecule has 0 saturated heterocycles. The molecular formula is C11H20O3Si. The van der Waals surface area contributed by atoms with Crippen LogP contribution in [-0.4, -0.2) is 30.1 Å². The number of fused-ring (bicyclic) bond motifs is 2. The van der Waals surface area contributed by atoms with Gasteiger partial charge in [-0.2, -0.15) is 0 Å². The smallest absolute Gasteiger partial charge is 0.377 e. The third-order valence-electron chi connectivity index (χ3n) is 3.96. The summed E-state index contributed by atoms with van der Waals surface area (Å²) in [5.74, 6) is 0.585. The Bertz CT molecular complexity index is 267. The molecule has 2 bridgehead atoms. The van der Waals surface area contributed by atoms with Crippen LogP contribution < -0.4 is 0 Å². The molecule has 86 valence electrons. The van der Waals surface area contributed by atoms with Crippen LogP contribution in [0.25, 0.3) is 0 Å². The Morgan fingerprint density at radius 1 is 1.13 bits per heavy atom. The Balaban J connectivity index is 2.22. The standard InChI is InChI=1S/C11H20O3Si/c1-11-6-5-9(7-11)10(8-11)15(12-2,13-3)14-4/h5-6,9-10H,7-8H2,1-4H3. The minimum Gasteiger partial charge on any atom is -0.377 e. The zero-order valence-electron chi connectivity index (χ0n) is 9.95. The zero-order valence-corrected chi connectivity index (χ0v) is 10.9. The summed E-state index contributed by atoms with van der Waals surface area (Å²) in [5.41, 5.74) is 0.788. The molecule has 0 radical (unpaired) electrons. The summed E-state index contributed by atoms with van der Waals surface area (Å²) in [7, 11) is 2.68. The van der Waals surface area contributed by atoms with Gasteiger partial charge in [0.1, 0.15) is 0 Å². The van der Waals surface area contributed by atoms with E-state index in [1.165, 1.54) is 6.42 Å². The summed E-state index contributed by atoms with van der Waals surface area (Å²) in [5, 5.41) is 0. The molecule has 4 heteroatoms. The van der Waals surface area contributed by atoms with Gasteiger partial charge in [0.05, 0.1) is 0 Å². The maximum Gasteiger partial charge on any atom is 0.504 e. The van der Waals surface area contributed by atoms with Crippen molar-refractivity contribution in [3.8, 4) is 0 Å². The quantitative estimate of drug-likeness (QED) is 0.545. The van der Waals surface area contributed by atoms with Crippen molar-refractivity contribution in [2.75, 3.05) is 21.3 Å². The molecule has 0 aromatic rings. The topological polar surface area (TPSA) is 27.7 Å². The molecule has 15 heavy (non-hydrogen) atoms. The summed E-state index contributed by atoms with van der Waals surface area (Å²) in [6.45, 7) is 2.31. The molecule has 0 aromatic heterocycles. The van der Waals surface area contributed by atoms with Gasteiger partial charge in [-0.15, -0.1) is 0 Å². The fourth-order valence-electron chi connectivity index (χ4n) is 3.20. The van der Waals surface area contributed by atoms with Gasteiger partial charge < -0.3 is 13.3 Å². The molecule has 1 saturated carbocycles. The lowest BCUT2D eigenvalue weighted by Gasteiger charge is -2.34. The largest absolute Gasteiger partial charge is 0.504 e. The average Bonchev–Trinajstić information content (AvgIpc) is 2.77. The van der Waals surface area contributed by atoms with Gasteiger partial charge in [-0.3, -0.25) is 0 Å². The number of allylic oxidation sites excluding steroid dienone is 2. The van der Waals surface area contributed by atoms with Crippen molar-refractivity contribution >= 4 is 8.80 Å². The van der Waals surface area contributed by atoms with Crippen molar-refractivity contribution in [2.24, 2.45) is 11.3 Å². The Morgan fingerprint density at radius 2 is 1.73 bits per heavy atom. The van der Waals surface area contributed by atoms with Crippen LogP contribution in [0, 0.1) is 11.3 Å². The Kier molecular flexibility index (Phi) is 2.79. The summed E-state index contributed by atoms with van der Waals surface area (Å²) in [6, 6.07) is 0. The van der Waals surface area contributed by atoms with Crippen molar-refractivity contribution in [2.45, 2.75) is 25.3 Å². The van der Waals surface area contributed by atoms with Crippen LogP contribution in [0.2, 0.25) is 5.54 Å². The van der Waals surface area contributed by atoms with E-state index >= 15 is 0 Å². The minimum absolute atomic E-state index is 0.350. The molecule has 3 atom stereocenters. The third-order valence-corrected chi connectivity index (χ3v) is 7.21. The maximum absolute atomic E-state index is 5.58. The van der Waals surface area contributed by atoms with E-state index in [0.29, 0.717) is 16.9 Å². The normalized spacial score (nSPS) is 38.9. The second-order valence-electron chi connectivity index (χ2n) is 4.91. The molecule has 2 rings (SSSR count). The Hall–Kier alpha value is -0.163. The third kappa shape index (κ3) is 1.60. The van der Waals surface area contributed by atoms with E-state index in [-0.39, 0.29) is 0 Å². The highest BCUT2D eigenvalue weighted by atomic mass is 28.4. The number of hydrogen-bond acceptors (Lipinski definition) is 3. The van der Waals surface area contributed by atoms with E-state index in [2.05, 4.69) is 19.1 Å². The van der Waals surface area contributed by atoms with Crippen LogP contribution in [0.3, 0.4) is 0 Å². The van der Waals surface area contributed by atoms with E-state index in [1.54, 1.807) is 21.3 Å². The summed E-state index contributed by atoms with van der Waals surface area (Å²) < 4.78 is 16.7. The highest BCUT2D eigenvalue weighted by Crippen LogP contribution is 2.58. The van der Waals surface area contributed by atoms with Gasteiger partial charge in [-0.25, -0.2) is 0 Å². The van der Waals surface area contributed by atoms with E-state index in [9.17, 15) is 0 Å². The molecule has 0 amide bonds. The van der Waals surface area contributed by atoms with Gasteiger partial charge in [0.2, 0.25) is 0 Å². The van der Waals surface area contributed by atoms with Crippen LogP contribution in [0.5, 0.6) is 0 Å². The average molecular weight is 228 g/mol.